The molecule has 0 saturated carbocycles. The molecule has 2 aromatic carbocycles. The molecule has 1 aromatic heterocycles. The molecule has 0 bridgehead atoms. The Morgan fingerprint density at radius 3 is 2.37 bits per heavy atom. The molecular formula is C16H11NO2. The summed E-state index contributed by atoms with van der Waals surface area (Å²) < 4.78 is 5.58. The van der Waals surface area contributed by atoms with Crippen LogP contribution in [0.25, 0.3) is 23.3 Å². The van der Waals surface area contributed by atoms with E-state index in [2.05, 4.69) is 4.98 Å². The zero-order chi connectivity index (χ0) is 13.1. The van der Waals surface area contributed by atoms with Crippen LogP contribution in [-0.4, -0.2) is 11.3 Å². The van der Waals surface area contributed by atoms with Crippen molar-refractivity contribution < 1.29 is 9.21 Å². The van der Waals surface area contributed by atoms with Gasteiger partial charge in [-0.25, -0.2) is 4.98 Å². The lowest BCUT2D eigenvalue weighted by Gasteiger charge is -1.92. The lowest BCUT2D eigenvalue weighted by Crippen LogP contribution is -1.78. The van der Waals surface area contributed by atoms with E-state index in [1.54, 1.807) is 12.1 Å². The van der Waals surface area contributed by atoms with E-state index in [0.29, 0.717) is 11.5 Å². The third kappa shape index (κ3) is 2.45. The minimum absolute atomic E-state index is 0.570. The van der Waals surface area contributed by atoms with E-state index in [1.165, 1.54) is 0 Å². The zero-order valence-electron chi connectivity index (χ0n) is 10.1. The first-order valence-corrected chi connectivity index (χ1v) is 5.94. The van der Waals surface area contributed by atoms with Gasteiger partial charge in [0.1, 0.15) is 11.8 Å². The maximum Gasteiger partial charge on any atom is 0.220 e. The fourth-order valence-electron chi connectivity index (χ4n) is 1.81. The Bertz CT molecular complexity index is 706. The van der Waals surface area contributed by atoms with Crippen LogP contribution in [0.3, 0.4) is 0 Å². The summed E-state index contributed by atoms with van der Waals surface area (Å²) in [5.41, 5.74) is 3.28. The Balaban J connectivity index is 1.86. The lowest BCUT2D eigenvalue weighted by atomic mass is 10.1. The molecule has 0 unspecified atom stereocenters. The summed E-state index contributed by atoms with van der Waals surface area (Å²) in [5.74, 6) is 0.570. The van der Waals surface area contributed by atoms with Gasteiger partial charge >= 0.3 is 0 Å². The predicted octanol–water partition coefficient (Wildman–Crippen LogP) is 3.81. The maximum absolute atomic E-state index is 10.6. The molecule has 0 spiro atoms. The summed E-state index contributed by atoms with van der Waals surface area (Å²) in [4.78, 5) is 14.9. The van der Waals surface area contributed by atoms with Gasteiger partial charge in [-0.3, -0.25) is 4.79 Å². The van der Waals surface area contributed by atoms with E-state index in [1.807, 2.05) is 48.6 Å². The molecule has 0 saturated heterocycles. The van der Waals surface area contributed by atoms with Gasteiger partial charge in [-0.15, -0.1) is 0 Å². The first kappa shape index (κ1) is 11.4. The average Bonchev–Trinajstić information content (AvgIpc) is 2.88. The Kier molecular flexibility index (Phi) is 2.94. The maximum atomic E-state index is 10.6. The topological polar surface area (TPSA) is 43.1 Å². The summed E-state index contributed by atoms with van der Waals surface area (Å²) in [7, 11) is 0. The zero-order valence-corrected chi connectivity index (χ0v) is 10.1. The Hall–Kier alpha value is -2.68. The predicted molar refractivity (Wildman–Crippen MR) is 74.8 cm³/mol. The molecule has 92 valence electrons. The van der Waals surface area contributed by atoms with Crippen molar-refractivity contribution in [2.75, 3.05) is 0 Å². The molecule has 0 atom stereocenters. The van der Waals surface area contributed by atoms with E-state index < -0.39 is 0 Å². The number of para-hydroxylation sites is 2. The Morgan fingerprint density at radius 2 is 1.63 bits per heavy atom. The largest absolute Gasteiger partial charge is 0.437 e. The van der Waals surface area contributed by atoms with Crippen molar-refractivity contribution in [1.29, 1.82) is 0 Å². The first-order chi connectivity index (χ1) is 9.35. The highest BCUT2D eigenvalue weighted by atomic mass is 16.3. The molecule has 1 heterocycles. The van der Waals surface area contributed by atoms with E-state index in [0.717, 1.165) is 22.9 Å². The molecule has 3 heteroatoms. The number of carbonyl (C=O) groups is 1. The molecule has 0 amide bonds. The smallest absolute Gasteiger partial charge is 0.220 e. The number of nitrogens with zero attached hydrogens (tertiary/aromatic N) is 1. The van der Waals surface area contributed by atoms with E-state index in [4.69, 9.17) is 4.42 Å². The molecule has 3 rings (SSSR count). The van der Waals surface area contributed by atoms with Gasteiger partial charge in [0.2, 0.25) is 5.89 Å². The number of rotatable bonds is 3. The van der Waals surface area contributed by atoms with E-state index in [-0.39, 0.29) is 0 Å². The fourth-order valence-corrected chi connectivity index (χ4v) is 1.81. The monoisotopic (exact) mass is 249 g/mol. The highest BCUT2D eigenvalue weighted by Gasteiger charge is 2.00. The summed E-state index contributed by atoms with van der Waals surface area (Å²) >= 11 is 0. The minimum Gasteiger partial charge on any atom is -0.437 e. The molecule has 19 heavy (non-hydrogen) atoms. The quantitative estimate of drug-likeness (QED) is 0.663. The molecule has 0 fully saturated rings. The van der Waals surface area contributed by atoms with Gasteiger partial charge < -0.3 is 4.42 Å². The highest BCUT2D eigenvalue weighted by Crippen LogP contribution is 2.16. The Labute approximate surface area is 110 Å². The molecule has 0 aliphatic rings. The lowest BCUT2D eigenvalue weighted by molar-refractivity contribution is 0.112. The number of aldehydes is 1. The third-order valence-corrected chi connectivity index (χ3v) is 2.80. The summed E-state index contributed by atoms with van der Waals surface area (Å²) in [6, 6.07) is 15.0. The standard InChI is InChI=1S/C16H11NO2/c18-11-13-7-5-12(6-8-13)9-10-16-17-14-3-1-2-4-15(14)19-16/h1-11H. The van der Waals surface area contributed by atoms with Crippen molar-refractivity contribution in [3.05, 3.63) is 65.5 Å². The average molecular weight is 249 g/mol. The number of hydrogen-bond donors (Lipinski definition) is 0. The summed E-state index contributed by atoms with van der Waals surface area (Å²) in [6.07, 6.45) is 4.55. The number of fused-ring (bicyclic) bond motifs is 1. The highest BCUT2D eigenvalue weighted by molar-refractivity contribution is 5.77. The van der Waals surface area contributed by atoms with E-state index in [9.17, 15) is 4.79 Å². The second-order valence-corrected chi connectivity index (χ2v) is 4.14. The van der Waals surface area contributed by atoms with Gasteiger partial charge in [-0.05, 0) is 23.8 Å². The van der Waals surface area contributed by atoms with Crippen molar-refractivity contribution in [3.8, 4) is 0 Å². The third-order valence-electron chi connectivity index (χ3n) is 2.80. The molecular weight excluding hydrogens is 238 g/mol. The molecule has 0 aliphatic heterocycles. The van der Waals surface area contributed by atoms with Gasteiger partial charge in [0, 0.05) is 11.6 Å². The number of oxazole rings is 1. The van der Waals surface area contributed by atoms with Crippen LogP contribution in [0.4, 0.5) is 0 Å². The first-order valence-electron chi connectivity index (χ1n) is 5.94. The van der Waals surface area contributed by atoms with Gasteiger partial charge in [0.15, 0.2) is 5.58 Å². The molecule has 3 aromatic rings. The second kappa shape index (κ2) is 4.90. The summed E-state index contributed by atoms with van der Waals surface area (Å²) in [5, 5.41) is 0. The van der Waals surface area contributed by atoms with Crippen molar-refractivity contribution in [2.45, 2.75) is 0 Å². The van der Waals surface area contributed by atoms with Crippen LogP contribution < -0.4 is 0 Å². The molecule has 0 radical (unpaired) electrons. The van der Waals surface area contributed by atoms with Crippen LogP contribution in [0.15, 0.2) is 52.9 Å². The van der Waals surface area contributed by atoms with Crippen LogP contribution in [0.1, 0.15) is 21.8 Å². The van der Waals surface area contributed by atoms with Gasteiger partial charge in [-0.2, -0.15) is 0 Å². The normalized spacial score (nSPS) is 11.2. The number of aromatic nitrogens is 1. The molecule has 3 nitrogen and oxygen atoms in total. The fraction of sp³-hybridized carbons (Fsp3) is 0. The van der Waals surface area contributed by atoms with Crippen molar-refractivity contribution >= 4 is 29.5 Å². The molecule has 0 aliphatic carbocycles. The van der Waals surface area contributed by atoms with Gasteiger partial charge in [-0.1, -0.05) is 36.4 Å². The van der Waals surface area contributed by atoms with Crippen LogP contribution >= 0.6 is 0 Å². The SMILES string of the molecule is O=Cc1ccc(C=Cc2nc3ccccc3o2)cc1. The number of carbonyl (C=O) groups excluding carboxylic acids is 1. The van der Waals surface area contributed by atoms with Crippen molar-refractivity contribution in [1.82, 2.24) is 4.98 Å². The van der Waals surface area contributed by atoms with Crippen LogP contribution in [0, 0.1) is 0 Å². The number of benzene rings is 2. The van der Waals surface area contributed by atoms with Crippen LogP contribution in [0.2, 0.25) is 0 Å². The van der Waals surface area contributed by atoms with Gasteiger partial charge in [0.25, 0.3) is 0 Å². The van der Waals surface area contributed by atoms with Crippen LogP contribution in [-0.2, 0) is 0 Å². The van der Waals surface area contributed by atoms with E-state index >= 15 is 0 Å². The molecule has 0 N–H and O–H groups in total. The number of hydrogen-bond acceptors (Lipinski definition) is 3. The van der Waals surface area contributed by atoms with Gasteiger partial charge in [0.05, 0.1) is 0 Å². The van der Waals surface area contributed by atoms with Crippen molar-refractivity contribution in [3.63, 3.8) is 0 Å². The van der Waals surface area contributed by atoms with Crippen LogP contribution in [0.5, 0.6) is 0 Å². The Morgan fingerprint density at radius 1 is 0.895 bits per heavy atom. The minimum atomic E-state index is 0.570. The van der Waals surface area contributed by atoms with Crippen molar-refractivity contribution in [2.24, 2.45) is 0 Å². The summed E-state index contributed by atoms with van der Waals surface area (Å²) in [6.45, 7) is 0. The second-order valence-electron chi connectivity index (χ2n) is 4.14.